The van der Waals surface area contributed by atoms with Crippen molar-refractivity contribution in [2.45, 2.75) is 12.8 Å². The van der Waals surface area contributed by atoms with Crippen LogP contribution in [0.25, 0.3) is 21.8 Å². The number of H-pyrrole nitrogens is 1. The van der Waals surface area contributed by atoms with Gasteiger partial charge in [0.25, 0.3) is 0 Å². The predicted octanol–water partition coefficient (Wildman–Crippen LogP) is 1.81. The highest BCUT2D eigenvalue weighted by Crippen LogP contribution is 2.32. The van der Waals surface area contributed by atoms with E-state index in [1.54, 1.807) is 12.4 Å². The zero-order valence-electron chi connectivity index (χ0n) is 11.9. The van der Waals surface area contributed by atoms with Gasteiger partial charge in [-0.15, -0.1) is 5.10 Å². The first-order valence-corrected chi connectivity index (χ1v) is 7.29. The number of hydrogen-bond acceptors (Lipinski definition) is 5. The van der Waals surface area contributed by atoms with E-state index >= 15 is 0 Å². The van der Waals surface area contributed by atoms with E-state index in [0.717, 1.165) is 40.6 Å². The molecule has 0 bridgehead atoms. The Morgan fingerprint density at radius 3 is 3.18 bits per heavy atom. The molecule has 1 aliphatic heterocycles. The Morgan fingerprint density at radius 2 is 2.32 bits per heavy atom. The molecule has 4 rings (SSSR count). The van der Waals surface area contributed by atoms with Gasteiger partial charge in [0.2, 0.25) is 0 Å². The number of anilines is 1. The number of piperidine rings is 1. The maximum atomic E-state index is 11.3. The zero-order chi connectivity index (χ0) is 15.1. The smallest absolute Gasteiger partial charge is 0.308 e. The molecular formula is C15H15N5O2. The molecule has 22 heavy (non-hydrogen) atoms. The third-order valence-corrected chi connectivity index (χ3v) is 4.26. The molecule has 3 aromatic heterocycles. The van der Waals surface area contributed by atoms with Crippen LogP contribution < -0.4 is 4.90 Å². The summed E-state index contributed by atoms with van der Waals surface area (Å²) in [5.74, 6) is -0.351. The van der Waals surface area contributed by atoms with Crippen LogP contribution in [0.3, 0.4) is 0 Å². The number of aliphatic carboxylic acids is 1. The molecule has 0 aromatic carbocycles. The summed E-state index contributed by atoms with van der Waals surface area (Å²) < 4.78 is 0. The van der Waals surface area contributed by atoms with E-state index in [9.17, 15) is 9.90 Å². The molecule has 1 unspecified atom stereocenters. The van der Waals surface area contributed by atoms with Crippen LogP contribution in [0.4, 0.5) is 5.82 Å². The molecule has 3 aromatic rings. The molecule has 0 saturated carbocycles. The fourth-order valence-electron chi connectivity index (χ4n) is 3.16. The van der Waals surface area contributed by atoms with Gasteiger partial charge in [-0.1, -0.05) is 0 Å². The number of carbonyl (C=O) groups is 1. The van der Waals surface area contributed by atoms with Gasteiger partial charge in [-0.05, 0) is 18.9 Å². The van der Waals surface area contributed by atoms with Gasteiger partial charge in [0.1, 0.15) is 5.65 Å². The third kappa shape index (κ3) is 1.97. The number of carboxylic acids is 1. The third-order valence-electron chi connectivity index (χ3n) is 4.26. The van der Waals surface area contributed by atoms with Gasteiger partial charge >= 0.3 is 5.97 Å². The summed E-state index contributed by atoms with van der Waals surface area (Å²) in [6.07, 6.45) is 6.86. The van der Waals surface area contributed by atoms with Crippen molar-refractivity contribution in [1.29, 1.82) is 0 Å². The van der Waals surface area contributed by atoms with Gasteiger partial charge in [0.05, 0.1) is 12.1 Å². The highest BCUT2D eigenvalue weighted by Gasteiger charge is 2.27. The summed E-state index contributed by atoms with van der Waals surface area (Å²) in [4.78, 5) is 20.8. The molecule has 0 radical (unpaired) electrons. The number of pyridine rings is 1. The normalized spacial score (nSPS) is 18.9. The number of fused-ring (bicyclic) bond motifs is 3. The monoisotopic (exact) mass is 297 g/mol. The molecule has 0 amide bonds. The first kappa shape index (κ1) is 13.0. The Hall–Kier alpha value is -2.70. The van der Waals surface area contributed by atoms with Crippen LogP contribution in [-0.4, -0.2) is 44.3 Å². The standard InChI is InChI=1S/C15H15N5O2/c21-15(22)9-2-1-5-20(8-9)14-12-10(7-18-19-14)6-17-13-11(12)3-4-16-13/h3-4,6-7,9H,1-2,5,8H2,(H,16,17)(H,21,22). The average molecular weight is 297 g/mol. The minimum absolute atomic E-state index is 0.352. The van der Waals surface area contributed by atoms with Crippen molar-refractivity contribution < 1.29 is 9.90 Å². The van der Waals surface area contributed by atoms with E-state index in [2.05, 4.69) is 20.2 Å². The van der Waals surface area contributed by atoms with E-state index in [0.29, 0.717) is 13.0 Å². The molecule has 2 N–H and O–H groups in total. The van der Waals surface area contributed by atoms with Crippen LogP contribution in [0.2, 0.25) is 0 Å². The summed E-state index contributed by atoms with van der Waals surface area (Å²) in [7, 11) is 0. The lowest BCUT2D eigenvalue weighted by Gasteiger charge is -2.31. The topological polar surface area (TPSA) is 95.0 Å². The van der Waals surface area contributed by atoms with Crippen LogP contribution in [-0.2, 0) is 4.79 Å². The Morgan fingerprint density at radius 1 is 1.41 bits per heavy atom. The first-order valence-electron chi connectivity index (χ1n) is 7.29. The van der Waals surface area contributed by atoms with Crippen molar-refractivity contribution in [3.05, 3.63) is 24.7 Å². The average Bonchev–Trinajstić information content (AvgIpc) is 3.03. The van der Waals surface area contributed by atoms with Gasteiger partial charge in [-0.3, -0.25) is 4.79 Å². The first-order chi connectivity index (χ1) is 10.7. The summed E-state index contributed by atoms with van der Waals surface area (Å²) in [6, 6.07) is 1.97. The maximum absolute atomic E-state index is 11.3. The number of rotatable bonds is 2. The van der Waals surface area contributed by atoms with E-state index < -0.39 is 5.97 Å². The molecular weight excluding hydrogens is 282 g/mol. The molecule has 7 heteroatoms. The van der Waals surface area contributed by atoms with Gasteiger partial charge in [-0.25, -0.2) is 4.98 Å². The summed E-state index contributed by atoms with van der Waals surface area (Å²) in [6.45, 7) is 1.27. The van der Waals surface area contributed by atoms with E-state index in [1.807, 2.05) is 17.2 Å². The summed E-state index contributed by atoms with van der Waals surface area (Å²) >= 11 is 0. The molecule has 1 aliphatic rings. The van der Waals surface area contributed by atoms with Crippen molar-refractivity contribution in [3.8, 4) is 0 Å². The minimum Gasteiger partial charge on any atom is -0.481 e. The summed E-state index contributed by atoms with van der Waals surface area (Å²) in [5.41, 5.74) is 0.800. The zero-order valence-corrected chi connectivity index (χ0v) is 11.9. The Bertz CT molecular complexity index is 859. The summed E-state index contributed by atoms with van der Waals surface area (Å²) in [5, 5.41) is 20.5. The Kier molecular flexibility index (Phi) is 2.92. The number of hydrogen-bond donors (Lipinski definition) is 2. The second-order valence-electron chi connectivity index (χ2n) is 5.62. The van der Waals surface area contributed by atoms with Crippen molar-refractivity contribution in [2.75, 3.05) is 18.0 Å². The highest BCUT2D eigenvalue weighted by atomic mass is 16.4. The predicted molar refractivity (Wildman–Crippen MR) is 81.8 cm³/mol. The molecule has 1 fully saturated rings. The Labute approximate surface area is 126 Å². The van der Waals surface area contributed by atoms with Gasteiger partial charge in [-0.2, -0.15) is 5.10 Å². The molecule has 7 nitrogen and oxygen atoms in total. The number of nitrogens with zero attached hydrogens (tertiary/aromatic N) is 4. The lowest BCUT2D eigenvalue weighted by atomic mass is 9.98. The van der Waals surface area contributed by atoms with Gasteiger partial charge in [0, 0.05) is 41.6 Å². The second kappa shape index (κ2) is 4.94. The largest absolute Gasteiger partial charge is 0.481 e. The van der Waals surface area contributed by atoms with Crippen molar-refractivity contribution in [1.82, 2.24) is 20.2 Å². The number of carboxylic acid groups (broad SMARTS) is 1. The van der Waals surface area contributed by atoms with Crippen molar-refractivity contribution in [3.63, 3.8) is 0 Å². The van der Waals surface area contributed by atoms with Crippen LogP contribution in [0.1, 0.15) is 12.8 Å². The van der Waals surface area contributed by atoms with Crippen LogP contribution in [0.5, 0.6) is 0 Å². The van der Waals surface area contributed by atoms with Crippen molar-refractivity contribution in [2.24, 2.45) is 5.92 Å². The fourth-order valence-corrected chi connectivity index (χ4v) is 3.16. The molecule has 0 spiro atoms. The van der Waals surface area contributed by atoms with Crippen LogP contribution >= 0.6 is 0 Å². The molecule has 0 aliphatic carbocycles. The number of nitrogens with one attached hydrogen (secondary N) is 1. The van der Waals surface area contributed by atoms with E-state index in [1.165, 1.54) is 0 Å². The lowest BCUT2D eigenvalue weighted by molar-refractivity contribution is -0.141. The van der Waals surface area contributed by atoms with Crippen molar-refractivity contribution >= 4 is 33.6 Å². The van der Waals surface area contributed by atoms with Gasteiger partial charge < -0.3 is 15.0 Å². The van der Waals surface area contributed by atoms with E-state index in [-0.39, 0.29) is 5.92 Å². The highest BCUT2D eigenvalue weighted by molar-refractivity contribution is 6.10. The maximum Gasteiger partial charge on any atom is 0.308 e. The van der Waals surface area contributed by atoms with Gasteiger partial charge in [0.15, 0.2) is 5.82 Å². The second-order valence-corrected chi connectivity index (χ2v) is 5.62. The van der Waals surface area contributed by atoms with E-state index in [4.69, 9.17) is 0 Å². The lowest BCUT2D eigenvalue weighted by Crippen LogP contribution is -2.39. The molecule has 1 atom stereocenters. The molecule has 1 saturated heterocycles. The minimum atomic E-state index is -0.744. The SMILES string of the molecule is O=C(O)C1CCCN(c2nncc3cnc4[nH]ccc4c23)C1. The Balaban J connectivity index is 1.87. The van der Waals surface area contributed by atoms with Crippen LogP contribution in [0, 0.1) is 5.92 Å². The number of aromatic nitrogens is 4. The van der Waals surface area contributed by atoms with Crippen LogP contribution in [0.15, 0.2) is 24.7 Å². The quantitative estimate of drug-likeness (QED) is 0.749. The molecule has 4 heterocycles. The number of aromatic amines is 1. The fraction of sp³-hybridized carbons (Fsp3) is 0.333. The molecule has 112 valence electrons.